The Morgan fingerprint density at radius 1 is 1.00 bits per heavy atom. The van der Waals surface area contributed by atoms with Gasteiger partial charge in [-0.05, 0) is 59.8 Å². The Hall–Kier alpha value is -2.79. The molecule has 3 rings (SSSR count). The molecule has 4 nitrogen and oxygen atoms in total. The molecule has 0 radical (unpaired) electrons. The highest BCUT2D eigenvalue weighted by molar-refractivity contribution is 7.12. The second-order valence-corrected chi connectivity index (χ2v) is 6.48. The van der Waals surface area contributed by atoms with E-state index in [1.54, 1.807) is 7.11 Å². The molecule has 1 aromatic heterocycles. The average molecular weight is 352 g/mol. The van der Waals surface area contributed by atoms with E-state index in [1.807, 2.05) is 53.9 Å². The zero-order chi connectivity index (χ0) is 17.5. The third-order valence-electron chi connectivity index (χ3n) is 3.79. The summed E-state index contributed by atoms with van der Waals surface area (Å²) in [6.07, 6.45) is 0.931. The molecule has 128 valence electrons. The van der Waals surface area contributed by atoms with Crippen molar-refractivity contribution in [1.29, 1.82) is 0 Å². The molecule has 0 bridgehead atoms. The largest absolute Gasteiger partial charge is 0.497 e. The molecule has 1 heterocycles. The number of anilines is 2. The summed E-state index contributed by atoms with van der Waals surface area (Å²) in [4.78, 5) is 12.7. The SMILES string of the molecule is COc1ccc(CCNc2ccc(NC(=O)c3cccs3)cc2)cc1. The number of benzene rings is 2. The zero-order valence-electron chi connectivity index (χ0n) is 14.0. The number of amides is 1. The van der Waals surface area contributed by atoms with Crippen molar-refractivity contribution in [2.75, 3.05) is 24.3 Å². The van der Waals surface area contributed by atoms with Crippen LogP contribution >= 0.6 is 11.3 Å². The number of methoxy groups -OCH3 is 1. The summed E-state index contributed by atoms with van der Waals surface area (Å²) in [5.41, 5.74) is 3.08. The average Bonchev–Trinajstić information content (AvgIpc) is 3.19. The van der Waals surface area contributed by atoms with Gasteiger partial charge in [0.2, 0.25) is 0 Å². The molecular weight excluding hydrogens is 332 g/mol. The summed E-state index contributed by atoms with van der Waals surface area (Å²) in [5, 5.41) is 8.18. The standard InChI is InChI=1S/C20H20N2O2S/c1-24-18-10-4-15(5-11-18)12-13-21-16-6-8-17(9-7-16)22-20(23)19-3-2-14-25-19/h2-11,14,21H,12-13H2,1H3,(H,22,23). The molecule has 0 aliphatic rings. The molecule has 2 N–H and O–H groups in total. The van der Waals surface area contributed by atoms with Gasteiger partial charge in [-0.3, -0.25) is 4.79 Å². The lowest BCUT2D eigenvalue weighted by Crippen LogP contribution is -2.10. The van der Waals surface area contributed by atoms with Crippen LogP contribution in [0.2, 0.25) is 0 Å². The van der Waals surface area contributed by atoms with Crippen LogP contribution in [0.1, 0.15) is 15.2 Å². The van der Waals surface area contributed by atoms with Crippen molar-refractivity contribution in [2.24, 2.45) is 0 Å². The van der Waals surface area contributed by atoms with Crippen molar-refractivity contribution in [1.82, 2.24) is 0 Å². The highest BCUT2D eigenvalue weighted by Gasteiger charge is 2.06. The molecule has 25 heavy (non-hydrogen) atoms. The van der Waals surface area contributed by atoms with E-state index < -0.39 is 0 Å². The van der Waals surface area contributed by atoms with Gasteiger partial charge in [0.25, 0.3) is 5.91 Å². The Morgan fingerprint density at radius 2 is 1.72 bits per heavy atom. The van der Waals surface area contributed by atoms with Gasteiger partial charge >= 0.3 is 0 Å². The molecule has 1 amide bonds. The molecule has 0 atom stereocenters. The van der Waals surface area contributed by atoms with Crippen molar-refractivity contribution in [3.05, 3.63) is 76.5 Å². The topological polar surface area (TPSA) is 50.4 Å². The van der Waals surface area contributed by atoms with Gasteiger partial charge in [0, 0.05) is 17.9 Å². The van der Waals surface area contributed by atoms with Crippen LogP contribution < -0.4 is 15.4 Å². The molecule has 2 aromatic carbocycles. The van der Waals surface area contributed by atoms with Gasteiger partial charge in [-0.25, -0.2) is 0 Å². The summed E-state index contributed by atoms with van der Waals surface area (Å²) in [6, 6.07) is 19.5. The minimum absolute atomic E-state index is 0.0739. The molecule has 0 saturated heterocycles. The molecule has 0 spiro atoms. The number of hydrogen-bond acceptors (Lipinski definition) is 4. The summed E-state index contributed by atoms with van der Waals surface area (Å²) in [7, 11) is 1.67. The van der Waals surface area contributed by atoms with Crippen molar-refractivity contribution in [3.63, 3.8) is 0 Å². The Bertz CT molecular complexity index is 797. The minimum Gasteiger partial charge on any atom is -0.497 e. The first-order valence-corrected chi connectivity index (χ1v) is 8.94. The lowest BCUT2D eigenvalue weighted by Gasteiger charge is -2.09. The van der Waals surface area contributed by atoms with Gasteiger partial charge < -0.3 is 15.4 Å². The van der Waals surface area contributed by atoms with Crippen molar-refractivity contribution < 1.29 is 9.53 Å². The van der Waals surface area contributed by atoms with E-state index in [0.29, 0.717) is 4.88 Å². The third-order valence-corrected chi connectivity index (χ3v) is 4.66. The molecule has 0 unspecified atom stereocenters. The maximum Gasteiger partial charge on any atom is 0.265 e. The molecule has 0 aliphatic carbocycles. The number of carbonyl (C=O) groups is 1. The van der Waals surface area contributed by atoms with Crippen LogP contribution in [0.3, 0.4) is 0 Å². The van der Waals surface area contributed by atoms with Gasteiger partial charge in [0.1, 0.15) is 5.75 Å². The van der Waals surface area contributed by atoms with E-state index in [2.05, 4.69) is 22.8 Å². The summed E-state index contributed by atoms with van der Waals surface area (Å²) >= 11 is 1.43. The summed E-state index contributed by atoms with van der Waals surface area (Å²) < 4.78 is 5.16. The fourth-order valence-electron chi connectivity index (χ4n) is 2.42. The van der Waals surface area contributed by atoms with Crippen LogP contribution in [-0.2, 0) is 6.42 Å². The van der Waals surface area contributed by atoms with E-state index in [4.69, 9.17) is 4.74 Å². The van der Waals surface area contributed by atoms with E-state index in [-0.39, 0.29) is 5.91 Å². The molecule has 0 aliphatic heterocycles. The number of carbonyl (C=O) groups excluding carboxylic acids is 1. The quantitative estimate of drug-likeness (QED) is 0.650. The summed E-state index contributed by atoms with van der Waals surface area (Å²) in [6.45, 7) is 0.841. The molecular formula is C20H20N2O2S. The lowest BCUT2D eigenvalue weighted by molar-refractivity contribution is 0.103. The first-order valence-electron chi connectivity index (χ1n) is 8.06. The van der Waals surface area contributed by atoms with Crippen LogP contribution in [0.25, 0.3) is 0 Å². The van der Waals surface area contributed by atoms with E-state index in [1.165, 1.54) is 16.9 Å². The smallest absolute Gasteiger partial charge is 0.265 e. The number of nitrogens with one attached hydrogen (secondary N) is 2. The Morgan fingerprint density at radius 3 is 2.36 bits per heavy atom. The van der Waals surface area contributed by atoms with Crippen LogP contribution in [0.4, 0.5) is 11.4 Å². The molecule has 0 saturated carbocycles. The van der Waals surface area contributed by atoms with Gasteiger partial charge in [0.05, 0.1) is 12.0 Å². The summed E-state index contributed by atoms with van der Waals surface area (Å²) in [5.74, 6) is 0.798. The van der Waals surface area contributed by atoms with Crippen LogP contribution in [0.5, 0.6) is 5.75 Å². The Kier molecular flexibility index (Phi) is 5.69. The second kappa shape index (κ2) is 8.35. The van der Waals surface area contributed by atoms with Crippen LogP contribution in [0.15, 0.2) is 66.0 Å². The normalized spacial score (nSPS) is 10.3. The Balaban J connectivity index is 1.48. The Labute approximate surface area is 151 Å². The molecule has 5 heteroatoms. The third kappa shape index (κ3) is 4.84. The van der Waals surface area contributed by atoms with E-state index in [9.17, 15) is 4.79 Å². The fraction of sp³-hybridized carbons (Fsp3) is 0.150. The zero-order valence-corrected chi connectivity index (χ0v) is 14.8. The van der Waals surface area contributed by atoms with Crippen molar-refractivity contribution in [3.8, 4) is 5.75 Å². The lowest BCUT2D eigenvalue weighted by atomic mass is 10.1. The van der Waals surface area contributed by atoms with Gasteiger partial charge in [-0.2, -0.15) is 0 Å². The monoisotopic (exact) mass is 352 g/mol. The van der Waals surface area contributed by atoms with Gasteiger partial charge in [-0.15, -0.1) is 11.3 Å². The van der Waals surface area contributed by atoms with Crippen molar-refractivity contribution in [2.45, 2.75) is 6.42 Å². The number of hydrogen-bond donors (Lipinski definition) is 2. The predicted molar refractivity (Wildman–Crippen MR) is 104 cm³/mol. The first-order chi connectivity index (χ1) is 12.2. The number of thiophene rings is 1. The maximum atomic E-state index is 12.0. The van der Waals surface area contributed by atoms with Gasteiger partial charge in [-0.1, -0.05) is 18.2 Å². The first kappa shape index (κ1) is 17.0. The number of rotatable bonds is 7. The van der Waals surface area contributed by atoms with Crippen LogP contribution in [0, 0.1) is 0 Å². The number of ether oxygens (including phenoxy) is 1. The van der Waals surface area contributed by atoms with E-state index in [0.717, 1.165) is 30.1 Å². The molecule has 3 aromatic rings. The highest BCUT2D eigenvalue weighted by Crippen LogP contribution is 2.17. The second-order valence-electron chi connectivity index (χ2n) is 5.53. The maximum absolute atomic E-state index is 12.0. The highest BCUT2D eigenvalue weighted by atomic mass is 32.1. The predicted octanol–water partition coefficient (Wildman–Crippen LogP) is 4.66. The minimum atomic E-state index is -0.0739. The van der Waals surface area contributed by atoms with Gasteiger partial charge in [0.15, 0.2) is 0 Å². The fourth-order valence-corrected chi connectivity index (χ4v) is 3.03. The van der Waals surface area contributed by atoms with E-state index >= 15 is 0 Å². The van der Waals surface area contributed by atoms with Crippen molar-refractivity contribution >= 4 is 28.6 Å². The van der Waals surface area contributed by atoms with Crippen LogP contribution in [-0.4, -0.2) is 19.6 Å². The molecule has 0 fully saturated rings.